The Morgan fingerprint density at radius 1 is 1.32 bits per heavy atom. The lowest BCUT2D eigenvalue weighted by Crippen LogP contribution is -2.29. The summed E-state index contributed by atoms with van der Waals surface area (Å²) in [6.07, 6.45) is 1.71. The molecule has 0 amide bonds. The van der Waals surface area contributed by atoms with Gasteiger partial charge in [0, 0.05) is 10.5 Å². The van der Waals surface area contributed by atoms with Gasteiger partial charge in [0.25, 0.3) is 0 Å². The first-order valence-electron chi connectivity index (χ1n) is 7.23. The summed E-state index contributed by atoms with van der Waals surface area (Å²) >= 11 is 7.56. The van der Waals surface area contributed by atoms with Crippen molar-refractivity contribution in [3.8, 4) is 11.5 Å². The van der Waals surface area contributed by atoms with Crippen LogP contribution in [0.5, 0.6) is 11.5 Å². The van der Waals surface area contributed by atoms with Crippen LogP contribution in [-0.4, -0.2) is 25.5 Å². The number of fused-ring (bicyclic) bond motifs is 1. The van der Waals surface area contributed by atoms with Gasteiger partial charge < -0.3 is 19.4 Å². The molecule has 0 aliphatic carbocycles. The quantitative estimate of drug-likeness (QED) is 0.748. The number of hydrogen-bond donors (Lipinski definition) is 0. The highest BCUT2D eigenvalue weighted by Crippen LogP contribution is 2.42. The highest BCUT2D eigenvalue weighted by molar-refractivity contribution is 8.04. The molecule has 0 saturated carbocycles. The topological polar surface area (TPSA) is 75.7 Å². The highest BCUT2D eigenvalue weighted by atomic mass is 35.5. The van der Waals surface area contributed by atoms with E-state index in [4.69, 9.17) is 21.1 Å². The van der Waals surface area contributed by atoms with Gasteiger partial charge in [0.05, 0.1) is 23.0 Å². The smallest absolute Gasteiger partial charge is 0.200 e. The summed E-state index contributed by atoms with van der Waals surface area (Å²) in [4.78, 5) is 24.5. The van der Waals surface area contributed by atoms with E-state index in [0.717, 1.165) is 4.90 Å². The zero-order valence-electron chi connectivity index (χ0n) is 13.1. The minimum atomic E-state index is -1.37. The number of carbonyl (C=O) groups excluding carboxylic acids is 2. The van der Waals surface area contributed by atoms with E-state index in [2.05, 4.69) is 0 Å². The van der Waals surface area contributed by atoms with Gasteiger partial charge >= 0.3 is 0 Å². The van der Waals surface area contributed by atoms with Crippen LogP contribution in [0.4, 0.5) is 0 Å². The predicted molar refractivity (Wildman–Crippen MR) is 93.1 cm³/mol. The van der Waals surface area contributed by atoms with Crippen LogP contribution < -0.4 is 14.6 Å². The number of allylic oxidation sites excluding steroid dienone is 1. The molecule has 128 valence electrons. The Bertz CT molecular complexity index is 891. The van der Waals surface area contributed by atoms with Gasteiger partial charge in [-0.3, -0.25) is 4.79 Å². The number of hydrogen-bond acceptors (Lipinski definition) is 6. The molecule has 1 heterocycles. The van der Waals surface area contributed by atoms with Gasteiger partial charge in [0.1, 0.15) is 6.61 Å². The number of carboxylic acid groups (broad SMARTS) is 1. The number of rotatable bonds is 5. The second kappa shape index (κ2) is 7.21. The Labute approximate surface area is 153 Å². The number of thioether (sulfide) groups is 1. The average Bonchev–Trinajstić information content (AvgIpc) is 2.89. The van der Waals surface area contributed by atoms with Crippen molar-refractivity contribution < 1.29 is 24.2 Å². The molecule has 0 atom stereocenters. The summed E-state index contributed by atoms with van der Waals surface area (Å²) in [5.74, 6) is -1.03. The van der Waals surface area contributed by atoms with Crippen LogP contribution in [0.15, 0.2) is 46.2 Å². The number of methoxy groups -OCH3 is 1. The van der Waals surface area contributed by atoms with Crippen molar-refractivity contribution in [3.05, 3.63) is 57.5 Å². The minimum Gasteiger partial charge on any atom is -0.546 e. The standard InChI is InChI=1S/C18H13ClO5S/c1-23-13-7-10(6-12(19)18(13)24-9-16(20)21)8-15-17(22)11-4-2-3-5-14(11)25-15/h2-8H,9H2,1H3,(H,20,21)/p-1/b15-8+. The molecule has 1 aliphatic rings. The lowest BCUT2D eigenvalue weighted by molar-refractivity contribution is -0.307. The summed E-state index contributed by atoms with van der Waals surface area (Å²) in [7, 11) is 1.42. The van der Waals surface area contributed by atoms with E-state index in [1.807, 2.05) is 18.2 Å². The summed E-state index contributed by atoms with van der Waals surface area (Å²) in [6.45, 7) is -0.639. The zero-order valence-corrected chi connectivity index (χ0v) is 14.6. The van der Waals surface area contributed by atoms with Gasteiger partial charge in [0.2, 0.25) is 5.78 Å². The van der Waals surface area contributed by atoms with Crippen molar-refractivity contribution in [3.63, 3.8) is 0 Å². The van der Waals surface area contributed by atoms with Gasteiger partial charge in [-0.25, -0.2) is 0 Å². The van der Waals surface area contributed by atoms with E-state index in [1.165, 1.54) is 18.9 Å². The number of carbonyl (C=O) groups is 2. The highest BCUT2D eigenvalue weighted by Gasteiger charge is 2.25. The molecular formula is C18H12ClO5S-. The number of ether oxygens (including phenoxy) is 2. The number of aliphatic carboxylic acids is 1. The molecule has 1 aliphatic heterocycles. The van der Waals surface area contributed by atoms with Crippen LogP contribution in [0.1, 0.15) is 15.9 Å². The molecule has 2 aromatic carbocycles. The molecule has 0 radical (unpaired) electrons. The van der Waals surface area contributed by atoms with E-state index >= 15 is 0 Å². The molecule has 2 aromatic rings. The monoisotopic (exact) mass is 375 g/mol. The van der Waals surface area contributed by atoms with Crippen LogP contribution in [0.25, 0.3) is 6.08 Å². The SMILES string of the molecule is COc1cc(/C=C2/Sc3ccccc3C2=O)cc(Cl)c1OCC(=O)[O-]. The maximum atomic E-state index is 12.4. The Kier molecular flexibility index (Phi) is 5.01. The minimum absolute atomic E-state index is 0.0482. The summed E-state index contributed by atoms with van der Waals surface area (Å²) in [6, 6.07) is 10.6. The molecule has 7 heteroatoms. The van der Waals surface area contributed by atoms with Crippen LogP contribution in [0.2, 0.25) is 5.02 Å². The third-order valence-electron chi connectivity index (χ3n) is 3.46. The molecule has 0 spiro atoms. The molecule has 0 saturated heterocycles. The molecule has 0 fully saturated rings. The van der Waals surface area contributed by atoms with Crippen molar-refractivity contribution in [1.29, 1.82) is 0 Å². The molecule has 5 nitrogen and oxygen atoms in total. The van der Waals surface area contributed by atoms with Crippen molar-refractivity contribution in [2.24, 2.45) is 0 Å². The Morgan fingerprint density at radius 3 is 2.76 bits per heavy atom. The average molecular weight is 376 g/mol. The van der Waals surface area contributed by atoms with Gasteiger partial charge in [-0.05, 0) is 35.9 Å². The van der Waals surface area contributed by atoms with Crippen LogP contribution in [-0.2, 0) is 4.79 Å². The van der Waals surface area contributed by atoms with E-state index in [9.17, 15) is 14.7 Å². The Hall–Kier alpha value is -2.44. The molecule has 3 rings (SSSR count). The van der Waals surface area contributed by atoms with Gasteiger partial charge in [0.15, 0.2) is 11.5 Å². The van der Waals surface area contributed by atoms with Gasteiger partial charge in [-0.2, -0.15) is 0 Å². The van der Waals surface area contributed by atoms with E-state index in [-0.39, 0.29) is 22.3 Å². The molecule has 0 aromatic heterocycles. The molecule has 0 N–H and O–H groups in total. The van der Waals surface area contributed by atoms with Crippen LogP contribution in [0.3, 0.4) is 0 Å². The third-order valence-corrected chi connectivity index (χ3v) is 4.84. The van der Waals surface area contributed by atoms with E-state index in [1.54, 1.807) is 24.3 Å². The Morgan fingerprint density at radius 2 is 2.08 bits per heavy atom. The van der Waals surface area contributed by atoms with Crippen molar-refractivity contribution in [2.45, 2.75) is 4.90 Å². The molecular weight excluding hydrogens is 364 g/mol. The maximum absolute atomic E-state index is 12.4. The number of halogens is 1. The fourth-order valence-electron chi connectivity index (χ4n) is 2.38. The zero-order chi connectivity index (χ0) is 18.0. The lowest BCUT2D eigenvalue weighted by Gasteiger charge is -2.13. The number of ketones is 1. The predicted octanol–water partition coefficient (Wildman–Crippen LogP) is 2.81. The Balaban J connectivity index is 1.93. The van der Waals surface area contributed by atoms with Crippen molar-refractivity contribution >= 4 is 41.2 Å². The van der Waals surface area contributed by atoms with Gasteiger partial charge in [-0.15, -0.1) is 0 Å². The fraction of sp³-hybridized carbons (Fsp3) is 0.111. The molecule has 0 unspecified atom stereocenters. The van der Waals surface area contributed by atoms with E-state index in [0.29, 0.717) is 16.0 Å². The number of Topliss-reactive ketones (excluding diaryl/α,β-unsaturated/α-hetero) is 1. The first-order valence-corrected chi connectivity index (χ1v) is 8.42. The second-order valence-electron chi connectivity index (χ2n) is 5.13. The van der Waals surface area contributed by atoms with Crippen molar-refractivity contribution in [1.82, 2.24) is 0 Å². The maximum Gasteiger partial charge on any atom is 0.200 e. The fourth-order valence-corrected chi connectivity index (χ4v) is 3.71. The summed E-state index contributed by atoms with van der Waals surface area (Å²) in [5, 5.41) is 10.7. The summed E-state index contributed by atoms with van der Waals surface area (Å²) < 4.78 is 10.3. The van der Waals surface area contributed by atoms with Crippen LogP contribution >= 0.6 is 23.4 Å². The van der Waals surface area contributed by atoms with Crippen LogP contribution in [0, 0.1) is 0 Å². The normalized spacial score (nSPS) is 14.5. The number of benzene rings is 2. The largest absolute Gasteiger partial charge is 0.546 e. The number of carboxylic acids is 1. The summed E-state index contributed by atoms with van der Waals surface area (Å²) in [5.41, 5.74) is 1.32. The first kappa shape index (κ1) is 17.4. The third kappa shape index (κ3) is 3.65. The van der Waals surface area contributed by atoms with Gasteiger partial charge in [-0.1, -0.05) is 35.5 Å². The lowest BCUT2D eigenvalue weighted by atomic mass is 10.1. The first-order chi connectivity index (χ1) is 12.0. The van der Waals surface area contributed by atoms with Crippen molar-refractivity contribution in [2.75, 3.05) is 13.7 Å². The second-order valence-corrected chi connectivity index (χ2v) is 6.62. The van der Waals surface area contributed by atoms with E-state index < -0.39 is 12.6 Å². The molecule has 0 bridgehead atoms. The molecule has 25 heavy (non-hydrogen) atoms.